The zero-order valence-corrected chi connectivity index (χ0v) is 9.99. The Morgan fingerprint density at radius 2 is 1.80 bits per heavy atom. The Morgan fingerprint density at radius 3 is 2.40 bits per heavy atom. The van der Waals surface area contributed by atoms with Crippen molar-refractivity contribution in [2.75, 3.05) is 13.6 Å². The zero-order valence-electron chi connectivity index (χ0n) is 9.99. The third-order valence-corrected chi connectivity index (χ3v) is 4.42. The minimum Gasteiger partial charge on any atom is -0.393 e. The predicted molar refractivity (Wildman–Crippen MR) is 62.9 cm³/mol. The van der Waals surface area contributed by atoms with Crippen LogP contribution in [0.4, 0.5) is 0 Å². The summed E-state index contributed by atoms with van der Waals surface area (Å²) in [5, 5.41) is 9.75. The molecule has 2 fully saturated rings. The van der Waals surface area contributed by atoms with Crippen LogP contribution < -0.4 is 0 Å². The van der Waals surface area contributed by atoms with E-state index in [0.29, 0.717) is 5.92 Å². The van der Waals surface area contributed by atoms with Crippen molar-refractivity contribution in [3.05, 3.63) is 0 Å². The molecule has 2 heteroatoms. The number of nitrogens with zero attached hydrogens (tertiary/aromatic N) is 1. The number of hydrogen-bond acceptors (Lipinski definition) is 2. The van der Waals surface area contributed by atoms with Gasteiger partial charge < -0.3 is 10.0 Å². The van der Waals surface area contributed by atoms with Crippen LogP contribution in [-0.2, 0) is 0 Å². The van der Waals surface area contributed by atoms with E-state index in [1.165, 1.54) is 51.5 Å². The quantitative estimate of drug-likeness (QED) is 0.772. The molecule has 0 saturated heterocycles. The molecule has 0 spiro atoms. The van der Waals surface area contributed by atoms with Crippen LogP contribution in [0, 0.1) is 5.92 Å². The number of aliphatic hydroxyl groups is 1. The second kappa shape index (κ2) is 5.31. The molecule has 0 radical (unpaired) electrons. The molecule has 2 saturated carbocycles. The van der Waals surface area contributed by atoms with Crippen LogP contribution in [0.15, 0.2) is 0 Å². The van der Waals surface area contributed by atoms with E-state index < -0.39 is 0 Å². The first kappa shape index (κ1) is 11.4. The highest BCUT2D eigenvalue weighted by Gasteiger charge is 2.26. The van der Waals surface area contributed by atoms with Crippen LogP contribution >= 0.6 is 0 Å². The minimum absolute atomic E-state index is 0.00183. The van der Waals surface area contributed by atoms with Crippen molar-refractivity contribution >= 4 is 0 Å². The van der Waals surface area contributed by atoms with Crippen molar-refractivity contribution in [2.24, 2.45) is 5.92 Å². The first-order valence-corrected chi connectivity index (χ1v) is 6.65. The molecule has 0 heterocycles. The second-order valence-corrected chi connectivity index (χ2v) is 5.47. The van der Waals surface area contributed by atoms with Crippen molar-refractivity contribution in [3.8, 4) is 0 Å². The van der Waals surface area contributed by atoms with Gasteiger partial charge in [0.2, 0.25) is 0 Å². The molecule has 2 atom stereocenters. The maximum Gasteiger partial charge on any atom is 0.0568 e. The van der Waals surface area contributed by atoms with Crippen molar-refractivity contribution in [3.63, 3.8) is 0 Å². The first-order valence-electron chi connectivity index (χ1n) is 6.65. The molecule has 0 amide bonds. The maximum absolute atomic E-state index is 9.75. The van der Waals surface area contributed by atoms with Gasteiger partial charge in [0.1, 0.15) is 0 Å². The predicted octanol–water partition coefficient (Wildman–Crippen LogP) is 2.41. The van der Waals surface area contributed by atoms with Crippen LogP contribution in [0.2, 0.25) is 0 Å². The normalized spacial score (nSPS) is 33.0. The van der Waals surface area contributed by atoms with Crippen LogP contribution in [0.25, 0.3) is 0 Å². The number of rotatable bonds is 4. The first-order chi connectivity index (χ1) is 7.27. The fourth-order valence-corrected chi connectivity index (χ4v) is 3.25. The average Bonchev–Trinajstić information content (AvgIpc) is 2.85. The average molecular weight is 211 g/mol. The highest BCUT2D eigenvalue weighted by atomic mass is 16.3. The Bertz CT molecular complexity index is 189. The van der Waals surface area contributed by atoms with E-state index in [2.05, 4.69) is 11.9 Å². The number of aliphatic hydroxyl groups excluding tert-OH is 1. The largest absolute Gasteiger partial charge is 0.393 e. The van der Waals surface area contributed by atoms with Gasteiger partial charge >= 0.3 is 0 Å². The summed E-state index contributed by atoms with van der Waals surface area (Å²) >= 11 is 0. The van der Waals surface area contributed by atoms with E-state index in [0.717, 1.165) is 12.5 Å². The van der Waals surface area contributed by atoms with Gasteiger partial charge in [-0.3, -0.25) is 0 Å². The third-order valence-electron chi connectivity index (χ3n) is 4.42. The highest BCUT2D eigenvalue weighted by molar-refractivity contribution is 4.80. The Labute approximate surface area is 93.7 Å². The van der Waals surface area contributed by atoms with E-state index in [-0.39, 0.29) is 6.10 Å². The summed E-state index contributed by atoms with van der Waals surface area (Å²) in [4.78, 5) is 2.53. The van der Waals surface area contributed by atoms with E-state index in [1.54, 1.807) is 0 Å². The van der Waals surface area contributed by atoms with Crippen LogP contribution in [0.5, 0.6) is 0 Å². The van der Waals surface area contributed by atoms with Gasteiger partial charge in [-0.25, -0.2) is 0 Å². The number of hydrogen-bond donors (Lipinski definition) is 1. The minimum atomic E-state index is 0.00183. The lowest BCUT2D eigenvalue weighted by molar-refractivity contribution is 0.116. The van der Waals surface area contributed by atoms with E-state index in [1.807, 2.05) is 0 Å². The fourth-order valence-electron chi connectivity index (χ4n) is 3.25. The van der Waals surface area contributed by atoms with Gasteiger partial charge in [-0.15, -0.1) is 0 Å². The summed E-state index contributed by atoms with van der Waals surface area (Å²) in [5.41, 5.74) is 0. The molecular formula is C13H25NO. The third kappa shape index (κ3) is 2.94. The SMILES string of the molecule is CN(CCC1CCCC1O)C1CCCC1. The molecule has 88 valence electrons. The molecular weight excluding hydrogens is 186 g/mol. The molecule has 0 aromatic heterocycles. The van der Waals surface area contributed by atoms with E-state index in [9.17, 15) is 5.11 Å². The summed E-state index contributed by atoms with van der Waals surface area (Å²) in [6.45, 7) is 1.19. The lowest BCUT2D eigenvalue weighted by Gasteiger charge is -2.26. The fraction of sp³-hybridized carbons (Fsp3) is 1.00. The molecule has 2 aliphatic rings. The summed E-state index contributed by atoms with van der Waals surface area (Å²) in [6.07, 6.45) is 10.3. The van der Waals surface area contributed by atoms with Crippen LogP contribution in [0.1, 0.15) is 51.4 Å². The summed E-state index contributed by atoms with van der Waals surface area (Å²) in [7, 11) is 2.26. The van der Waals surface area contributed by atoms with Crippen molar-refractivity contribution < 1.29 is 5.11 Å². The van der Waals surface area contributed by atoms with Gasteiger partial charge in [-0.2, -0.15) is 0 Å². The smallest absolute Gasteiger partial charge is 0.0568 e. The lowest BCUT2D eigenvalue weighted by Crippen LogP contribution is -2.32. The Morgan fingerprint density at radius 1 is 1.07 bits per heavy atom. The van der Waals surface area contributed by atoms with E-state index >= 15 is 0 Å². The Kier molecular flexibility index (Phi) is 4.04. The van der Waals surface area contributed by atoms with Gasteiger partial charge in [-0.05, 0) is 51.6 Å². The van der Waals surface area contributed by atoms with Gasteiger partial charge in [0.15, 0.2) is 0 Å². The monoisotopic (exact) mass is 211 g/mol. The van der Waals surface area contributed by atoms with E-state index in [4.69, 9.17) is 0 Å². The molecule has 2 unspecified atom stereocenters. The lowest BCUT2D eigenvalue weighted by atomic mass is 10.0. The van der Waals surface area contributed by atoms with Gasteiger partial charge in [0.25, 0.3) is 0 Å². The molecule has 15 heavy (non-hydrogen) atoms. The standard InChI is InChI=1S/C13H25NO/c1-14(12-6-2-3-7-12)10-9-11-5-4-8-13(11)15/h11-13,15H,2-10H2,1H3. The second-order valence-electron chi connectivity index (χ2n) is 5.47. The molecule has 0 aromatic carbocycles. The topological polar surface area (TPSA) is 23.5 Å². The molecule has 1 N–H and O–H groups in total. The molecule has 2 nitrogen and oxygen atoms in total. The summed E-state index contributed by atoms with van der Waals surface area (Å²) < 4.78 is 0. The molecule has 0 bridgehead atoms. The summed E-state index contributed by atoms with van der Waals surface area (Å²) in [5.74, 6) is 0.592. The zero-order chi connectivity index (χ0) is 10.7. The Hall–Kier alpha value is -0.0800. The molecule has 2 rings (SSSR count). The highest BCUT2D eigenvalue weighted by Crippen LogP contribution is 2.29. The van der Waals surface area contributed by atoms with Crippen molar-refractivity contribution in [1.29, 1.82) is 0 Å². The molecule has 2 aliphatic carbocycles. The van der Waals surface area contributed by atoms with Gasteiger partial charge in [0, 0.05) is 6.04 Å². The van der Waals surface area contributed by atoms with Gasteiger partial charge in [-0.1, -0.05) is 19.3 Å². The molecule has 0 aromatic rings. The molecule has 0 aliphatic heterocycles. The van der Waals surface area contributed by atoms with Gasteiger partial charge in [0.05, 0.1) is 6.10 Å². The maximum atomic E-state index is 9.75. The van der Waals surface area contributed by atoms with Crippen molar-refractivity contribution in [1.82, 2.24) is 4.90 Å². The van der Waals surface area contributed by atoms with Crippen molar-refractivity contribution in [2.45, 2.75) is 63.5 Å². The van der Waals surface area contributed by atoms with Crippen LogP contribution in [-0.4, -0.2) is 35.7 Å². The summed E-state index contributed by atoms with van der Waals surface area (Å²) in [6, 6.07) is 0.837. The van der Waals surface area contributed by atoms with Crippen LogP contribution in [0.3, 0.4) is 0 Å². The Balaban J connectivity index is 1.67.